The van der Waals surface area contributed by atoms with Gasteiger partial charge in [0.05, 0.1) is 28.0 Å². The number of aromatic hydroxyl groups is 1. The molecule has 8 nitrogen and oxygen atoms in total. The highest BCUT2D eigenvalue weighted by molar-refractivity contribution is 8.00. The predicted octanol–water partition coefficient (Wildman–Crippen LogP) is 3.70. The van der Waals surface area contributed by atoms with E-state index in [4.69, 9.17) is 4.74 Å². The zero-order chi connectivity index (χ0) is 19.1. The summed E-state index contributed by atoms with van der Waals surface area (Å²) < 4.78 is 5.82. The van der Waals surface area contributed by atoms with E-state index in [0.29, 0.717) is 16.4 Å². The van der Waals surface area contributed by atoms with Crippen molar-refractivity contribution in [1.29, 1.82) is 0 Å². The summed E-state index contributed by atoms with van der Waals surface area (Å²) in [5.41, 5.74) is 1.18. The molecule has 0 spiro atoms. The molecule has 1 N–H and O–H groups in total. The number of nitro groups is 1. The molecule has 1 amide bonds. The lowest BCUT2D eigenvalue weighted by Gasteiger charge is -2.21. The fourth-order valence-electron chi connectivity index (χ4n) is 2.86. The molecule has 1 fully saturated rings. The molecule has 138 valence electrons. The highest BCUT2D eigenvalue weighted by Crippen LogP contribution is 2.45. The van der Waals surface area contributed by atoms with Crippen molar-refractivity contribution in [3.8, 4) is 11.5 Å². The average molecular weight is 403 g/mol. The molecule has 2 aromatic carbocycles. The number of fused-ring (bicyclic) bond motifs is 1. The SMILES string of the molecule is COc1ccc(C2SCC(=O)N2c2nc3cc([N+](=O)[O-])ccc3s2)cc1O. The maximum absolute atomic E-state index is 12.5. The predicted molar refractivity (Wildman–Crippen MR) is 104 cm³/mol. The van der Waals surface area contributed by atoms with Gasteiger partial charge in [-0.3, -0.25) is 19.8 Å². The van der Waals surface area contributed by atoms with Gasteiger partial charge in [0.15, 0.2) is 16.6 Å². The van der Waals surface area contributed by atoms with Crippen LogP contribution in [0.4, 0.5) is 10.8 Å². The summed E-state index contributed by atoms with van der Waals surface area (Å²) in [5, 5.41) is 21.1. The van der Waals surface area contributed by atoms with Crippen molar-refractivity contribution in [3.63, 3.8) is 0 Å². The van der Waals surface area contributed by atoms with E-state index in [1.165, 1.54) is 42.3 Å². The van der Waals surface area contributed by atoms with Gasteiger partial charge in [0, 0.05) is 12.1 Å². The summed E-state index contributed by atoms with van der Waals surface area (Å²) in [5.74, 6) is 0.531. The first-order chi connectivity index (χ1) is 13.0. The van der Waals surface area contributed by atoms with E-state index in [0.717, 1.165) is 10.3 Å². The maximum atomic E-state index is 12.5. The Hall–Kier alpha value is -2.85. The van der Waals surface area contributed by atoms with E-state index in [2.05, 4.69) is 4.98 Å². The van der Waals surface area contributed by atoms with Crippen molar-refractivity contribution in [3.05, 3.63) is 52.1 Å². The Bertz CT molecular complexity index is 1070. The van der Waals surface area contributed by atoms with Crippen molar-refractivity contribution in [2.45, 2.75) is 5.37 Å². The van der Waals surface area contributed by atoms with Crippen LogP contribution in [0.5, 0.6) is 11.5 Å². The summed E-state index contributed by atoms with van der Waals surface area (Å²) in [7, 11) is 1.47. The monoisotopic (exact) mass is 403 g/mol. The smallest absolute Gasteiger partial charge is 0.271 e. The number of ether oxygens (including phenoxy) is 1. The van der Waals surface area contributed by atoms with Crippen LogP contribution in [0.25, 0.3) is 10.2 Å². The number of hydrogen-bond donors (Lipinski definition) is 1. The molecule has 1 aromatic heterocycles. The topological polar surface area (TPSA) is 106 Å². The van der Waals surface area contributed by atoms with Crippen LogP contribution in [0, 0.1) is 10.1 Å². The number of thioether (sulfide) groups is 1. The van der Waals surface area contributed by atoms with Gasteiger partial charge in [0.2, 0.25) is 5.91 Å². The van der Waals surface area contributed by atoms with Crippen LogP contribution in [-0.4, -0.2) is 33.8 Å². The Morgan fingerprint density at radius 2 is 2.15 bits per heavy atom. The Kier molecular flexibility index (Phi) is 4.36. The van der Waals surface area contributed by atoms with Crippen LogP contribution < -0.4 is 9.64 Å². The second-order valence-corrected chi connectivity index (χ2v) is 7.84. The van der Waals surface area contributed by atoms with Crippen LogP contribution in [0.15, 0.2) is 36.4 Å². The van der Waals surface area contributed by atoms with E-state index < -0.39 is 4.92 Å². The van der Waals surface area contributed by atoms with Gasteiger partial charge < -0.3 is 9.84 Å². The quantitative estimate of drug-likeness (QED) is 0.523. The summed E-state index contributed by atoms with van der Waals surface area (Å²) in [6, 6.07) is 9.46. The van der Waals surface area contributed by atoms with Crippen molar-refractivity contribution >= 4 is 50.0 Å². The molecule has 1 aliphatic heterocycles. The summed E-state index contributed by atoms with van der Waals surface area (Å²) >= 11 is 2.73. The zero-order valence-electron chi connectivity index (χ0n) is 14.0. The molecule has 2 heterocycles. The number of anilines is 1. The lowest BCUT2D eigenvalue weighted by atomic mass is 10.2. The normalized spacial score (nSPS) is 16.9. The van der Waals surface area contributed by atoms with Gasteiger partial charge in [-0.15, -0.1) is 11.8 Å². The van der Waals surface area contributed by atoms with E-state index in [9.17, 15) is 20.0 Å². The number of aromatic nitrogens is 1. The number of methoxy groups -OCH3 is 1. The van der Waals surface area contributed by atoms with Gasteiger partial charge in [-0.2, -0.15) is 0 Å². The number of amides is 1. The fourth-order valence-corrected chi connectivity index (χ4v) is 5.06. The van der Waals surface area contributed by atoms with Gasteiger partial charge in [-0.1, -0.05) is 17.4 Å². The highest BCUT2D eigenvalue weighted by Gasteiger charge is 2.36. The maximum Gasteiger partial charge on any atom is 0.271 e. The van der Waals surface area contributed by atoms with E-state index in [1.54, 1.807) is 29.2 Å². The molecule has 4 rings (SSSR count). The van der Waals surface area contributed by atoms with Crippen molar-refractivity contribution in [1.82, 2.24) is 4.98 Å². The summed E-state index contributed by atoms with van der Waals surface area (Å²) in [6.07, 6.45) is 0. The number of phenolic OH excluding ortho intramolecular Hbond substituents is 1. The first kappa shape index (κ1) is 17.6. The first-order valence-corrected chi connectivity index (χ1v) is 9.70. The molecule has 1 aliphatic rings. The number of thiazole rings is 1. The Balaban J connectivity index is 1.74. The highest BCUT2D eigenvalue weighted by atomic mass is 32.2. The van der Waals surface area contributed by atoms with Crippen LogP contribution in [0.2, 0.25) is 0 Å². The van der Waals surface area contributed by atoms with Crippen molar-refractivity contribution < 1.29 is 19.6 Å². The third-order valence-corrected chi connectivity index (χ3v) is 6.38. The summed E-state index contributed by atoms with van der Waals surface area (Å²) in [4.78, 5) is 29.0. The second-order valence-electron chi connectivity index (χ2n) is 5.76. The number of nitrogens with zero attached hydrogens (tertiary/aromatic N) is 3. The van der Waals surface area contributed by atoms with Gasteiger partial charge in [0.25, 0.3) is 5.69 Å². The molecule has 0 aliphatic carbocycles. The number of benzene rings is 2. The average Bonchev–Trinajstić information content (AvgIpc) is 3.23. The molecule has 0 bridgehead atoms. The molecule has 0 saturated carbocycles. The van der Waals surface area contributed by atoms with Gasteiger partial charge >= 0.3 is 0 Å². The zero-order valence-corrected chi connectivity index (χ0v) is 15.6. The molecule has 1 unspecified atom stereocenters. The lowest BCUT2D eigenvalue weighted by Crippen LogP contribution is -2.27. The van der Waals surface area contributed by atoms with E-state index >= 15 is 0 Å². The fraction of sp³-hybridized carbons (Fsp3) is 0.176. The summed E-state index contributed by atoms with van der Waals surface area (Å²) in [6.45, 7) is 0. The molecule has 27 heavy (non-hydrogen) atoms. The van der Waals surface area contributed by atoms with Crippen molar-refractivity contribution in [2.75, 3.05) is 17.8 Å². The van der Waals surface area contributed by atoms with E-state index in [1.807, 2.05) is 0 Å². The molecular weight excluding hydrogens is 390 g/mol. The van der Waals surface area contributed by atoms with Crippen molar-refractivity contribution in [2.24, 2.45) is 0 Å². The lowest BCUT2D eigenvalue weighted by molar-refractivity contribution is -0.384. The molecule has 1 saturated heterocycles. The van der Waals surface area contributed by atoms with Gasteiger partial charge in [-0.05, 0) is 23.8 Å². The van der Waals surface area contributed by atoms with Crippen LogP contribution in [0.3, 0.4) is 0 Å². The first-order valence-electron chi connectivity index (χ1n) is 7.83. The molecule has 0 radical (unpaired) electrons. The molecular formula is C17H13N3O5S2. The number of phenols is 1. The number of nitro benzene ring substituents is 1. The van der Waals surface area contributed by atoms with Gasteiger partial charge in [-0.25, -0.2) is 4.98 Å². The number of non-ortho nitro benzene ring substituents is 1. The minimum absolute atomic E-state index is 0.00479. The largest absolute Gasteiger partial charge is 0.504 e. The number of carbonyl (C=O) groups is 1. The van der Waals surface area contributed by atoms with E-state index in [-0.39, 0.29) is 28.5 Å². The second kappa shape index (κ2) is 6.71. The standard InChI is InChI=1S/C17H13N3O5S2/c1-25-13-4-2-9(6-12(13)21)16-19(15(22)8-26-16)17-18-11-7-10(20(23)24)3-5-14(11)27-17/h2-7,16,21H,8H2,1H3. The Morgan fingerprint density at radius 1 is 1.33 bits per heavy atom. The minimum atomic E-state index is -0.474. The Labute approximate surface area is 161 Å². The van der Waals surface area contributed by atoms with Crippen LogP contribution >= 0.6 is 23.1 Å². The molecule has 10 heteroatoms. The Morgan fingerprint density at radius 3 is 2.85 bits per heavy atom. The van der Waals surface area contributed by atoms with Gasteiger partial charge in [0.1, 0.15) is 5.37 Å². The number of carbonyl (C=O) groups excluding carboxylic acids is 1. The number of hydrogen-bond acceptors (Lipinski definition) is 8. The van der Waals surface area contributed by atoms with Crippen LogP contribution in [0.1, 0.15) is 10.9 Å². The number of rotatable bonds is 4. The molecule has 1 atom stereocenters. The third kappa shape index (κ3) is 3.06. The van der Waals surface area contributed by atoms with Crippen LogP contribution in [-0.2, 0) is 4.79 Å². The minimum Gasteiger partial charge on any atom is -0.504 e. The molecule has 3 aromatic rings. The third-order valence-electron chi connectivity index (χ3n) is 4.13.